The number of rotatable bonds is 6. The lowest BCUT2D eigenvalue weighted by molar-refractivity contribution is -0.137. The second kappa shape index (κ2) is 9.17. The van der Waals surface area contributed by atoms with Gasteiger partial charge >= 0.3 is 6.18 Å². The van der Waals surface area contributed by atoms with E-state index in [1.165, 1.54) is 13.0 Å². The van der Waals surface area contributed by atoms with Gasteiger partial charge in [0.1, 0.15) is 6.04 Å². The molecule has 1 unspecified atom stereocenters. The number of amides is 2. The largest absolute Gasteiger partial charge is 0.416 e. The summed E-state index contributed by atoms with van der Waals surface area (Å²) >= 11 is 5.98. The Bertz CT molecular complexity index is 901. The first kappa shape index (κ1) is 22.5. The Kier molecular flexibility index (Phi) is 7.13. The second-order valence-electron chi connectivity index (χ2n) is 6.81. The lowest BCUT2D eigenvalue weighted by atomic mass is 10.0. The maximum absolute atomic E-state index is 12.8. The number of halogens is 4. The van der Waals surface area contributed by atoms with E-state index in [2.05, 4.69) is 16.0 Å². The summed E-state index contributed by atoms with van der Waals surface area (Å²) in [7, 11) is 0. The number of nitrogens with one attached hydrogen (secondary N) is 3. The molecule has 2 aromatic rings. The highest BCUT2D eigenvalue weighted by atomic mass is 35.5. The van der Waals surface area contributed by atoms with E-state index in [4.69, 9.17) is 11.6 Å². The molecule has 3 N–H and O–H groups in total. The standard InChI is InChI=1S/C20H21ClF3N3O2/c1-11(2)18(27-17-8-7-13(9-16(17)21)20(22,23)24)19(29)26-15-6-4-5-14(10-15)25-12(3)28/h4-11,18,27H,1-3H3,(H,25,28)(H,26,29). The smallest absolute Gasteiger partial charge is 0.372 e. The fourth-order valence-corrected chi connectivity index (χ4v) is 2.84. The van der Waals surface area contributed by atoms with Crippen molar-refractivity contribution in [2.24, 2.45) is 5.92 Å². The zero-order valence-corrected chi connectivity index (χ0v) is 16.8. The van der Waals surface area contributed by atoms with Gasteiger partial charge in [0.25, 0.3) is 0 Å². The molecular weight excluding hydrogens is 407 g/mol. The van der Waals surface area contributed by atoms with Crippen LogP contribution in [0.2, 0.25) is 5.02 Å². The summed E-state index contributed by atoms with van der Waals surface area (Å²) in [6, 6.07) is 8.77. The van der Waals surface area contributed by atoms with E-state index in [0.29, 0.717) is 11.4 Å². The molecule has 0 aliphatic heterocycles. The van der Waals surface area contributed by atoms with E-state index in [1.807, 2.05) is 0 Å². The van der Waals surface area contributed by atoms with Crippen molar-refractivity contribution in [3.8, 4) is 0 Å². The minimum Gasteiger partial charge on any atom is -0.372 e. The lowest BCUT2D eigenvalue weighted by Gasteiger charge is -2.24. The summed E-state index contributed by atoms with van der Waals surface area (Å²) < 4.78 is 38.4. The highest BCUT2D eigenvalue weighted by Crippen LogP contribution is 2.34. The van der Waals surface area contributed by atoms with Gasteiger partial charge in [-0.3, -0.25) is 9.59 Å². The first-order valence-corrected chi connectivity index (χ1v) is 9.17. The highest BCUT2D eigenvalue weighted by molar-refractivity contribution is 6.33. The van der Waals surface area contributed by atoms with Crippen LogP contribution >= 0.6 is 11.6 Å². The third-order valence-electron chi connectivity index (χ3n) is 4.01. The van der Waals surface area contributed by atoms with Crippen molar-refractivity contribution in [3.63, 3.8) is 0 Å². The molecule has 156 valence electrons. The first-order chi connectivity index (χ1) is 13.5. The summed E-state index contributed by atoms with van der Waals surface area (Å²) in [4.78, 5) is 23.9. The predicted molar refractivity (Wildman–Crippen MR) is 108 cm³/mol. The topological polar surface area (TPSA) is 70.2 Å². The van der Waals surface area contributed by atoms with Gasteiger partial charge < -0.3 is 16.0 Å². The quantitative estimate of drug-likeness (QED) is 0.578. The normalized spacial score (nSPS) is 12.4. The highest BCUT2D eigenvalue weighted by Gasteiger charge is 2.31. The van der Waals surface area contributed by atoms with E-state index >= 15 is 0 Å². The minimum absolute atomic E-state index is 0.133. The molecule has 1 atom stereocenters. The van der Waals surface area contributed by atoms with Crippen LogP contribution in [0.5, 0.6) is 0 Å². The maximum Gasteiger partial charge on any atom is 0.416 e. The molecule has 2 aromatic carbocycles. The third kappa shape index (κ3) is 6.39. The Morgan fingerprint density at radius 2 is 1.62 bits per heavy atom. The molecule has 0 heterocycles. The van der Waals surface area contributed by atoms with Gasteiger partial charge in [-0.25, -0.2) is 0 Å². The Balaban J connectivity index is 2.17. The van der Waals surface area contributed by atoms with Crippen molar-refractivity contribution in [3.05, 3.63) is 53.1 Å². The summed E-state index contributed by atoms with van der Waals surface area (Å²) in [6.45, 7) is 4.96. The number of carbonyl (C=O) groups excluding carboxylic acids is 2. The van der Waals surface area contributed by atoms with Gasteiger partial charge in [0.15, 0.2) is 0 Å². The molecule has 0 bridgehead atoms. The summed E-state index contributed by atoms with van der Waals surface area (Å²) in [6.07, 6.45) is -4.50. The number of alkyl halides is 3. The Morgan fingerprint density at radius 1 is 1.00 bits per heavy atom. The Labute approximate surface area is 171 Å². The number of hydrogen-bond donors (Lipinski definition) is 3. The number of hydrogen-bond acceptors (Lipinski definition) is 3. The van der Waals surface area contributed by atoms with Gasteiger partial charge in [0, 0.05) is 18.3 Å². The van der Waals surface area contributed by atoms with Gasteiger partial charge in [0.2, 0.25) is 11.8 Å². The second-order valence-corrected chi connectivity index (χ2v) is 7.22. The Morgan fingerprint density at radius 3 is 2.14 bits per heavy atom. The third-order valence-corrected chi connectivity index (χ3v) is 4.32. The van der Waals surface area contributed by atoms with Crippen molar-refractivity contribution >= 4 is 40.5 Å². The first-order valence-electron chi connectivity index (χ1n) is 8.79. The molecule has 0 aliphatic carbocycles. The van der Waals surface area contributed by atoms with Crippen LogP contribution in [0.1, 0.15) is 26.3 Å². The Hall–Kier alpha value is -2.74. The molecule has 0 saturated carbocycles. The van der Waals surface area contributed by atoms with Crippen molar-refractivity contribution in [2.45, 2.75) is 33.0 Å². The molecule has 2 amide bonds. The molecule has 2 rings (SSSR count). The van der Waals surface area contributed by atoms with Crippen LogP contribution in [0, 0.1) is 5.92 Å². The van der Waals surface area contributed by atoms with Crippen LogP contribution in [-0.2, 0) is 15.8 Å². The van der Waals surface area contributed by atoms with Crippen molar-refractivity contribution < 1.29 is 22.8 Å². The van der Waals surface area contributed by atoms with Gasteiger partial charge in [-0.2, -0.15) is 13.2 Å². The van der Waals surface area contributed by atoms with E-state index < -0.39 is 23.7 Å². The van der Waals surface area contributed by atoms with Gasteiger partial charge in [-0.15, -0.1) is 0 Å². The molecule has 0 saturated heterocycles. The van der Waals surface area contributed by atoms with Crippen LogP contribution in [0.3, 0.4) is 0 Å². The average molecular weight is 428 g/mol. The van der Waals surface area contributed by atoms with Crippen LogP contribution < -0.4 is 16.0 Å². The molecule has 9 heteroatoms. The van der Waals surface area contributed by atoms with Gasteiger partial charge in [-0.1, -0.05) is 31.5 Å². The fraction of sp³-hybridized carbons (Fsp3) is 0.300. The van der Waals surface area contributed by atoms with Crippen LogP contribution in [0.15, 0.2) is 42.5 Å². The molecule has 0 spiro atoms. The molecule has 0 radical (unpaired) electrons. The van der Waals surface area contributed by atoms with E-state index in [-0.39, 0.29) is 22.5 Å². The monoisotopic (exact) mass is 427 g/mol. The fourth-order valence-electron chi connectivity index (χ4n) is 2.61. The molecular formula is C20H21ClF3N3O2. The van der Waals surface area contributed by atoms with E-state index in [0.717, 1.165) is 12.1 Å². The molecule has 0 aromatic heterocycles. The summed E-state index contributed by atoms with van der Waals surface area (Å²) in [5.41, 5.74) is 0.344. The predicted octanol–water partition coefficient (Wildman–Crippen LogP) is 5.39. The van der Waals surface area contributed by atoms with Crippen LogP contribution in [0.4, 0.5) is 30.2 Å². The summed E-state index contributed by atoms with van der Waals surface area (Å²) in [5.74, 6) is -0.824. The number of anilines is 3. The zero-order valence-electron chi connectivity index (χ0n) is 16.0. The summed E-state index contributed by atoms with van der Waals surface area (Å²) in [5, 5.41) is 8.13. The number of benzene rings is 2. The number of carbonyl (C=O) groups is 2. The van der Waals surface area contributed by atoms with E-state index in [9.17, 15) is 22.8 Å². The SMILES string of the molecule is CC(=O)Nc1cccc(NC(=O)C(Nc2ccc(C(F)(F)F)cc2Cl)C(C)C)c1. The molecule has 0 fully saturated rings. The van der Waals surface area contributed by atoms with Crippen LogP contribution in [-0.4, -0.2) is 17.9 Å². The zero-order chi connectivity index (χ0) is 21.8. The van der Waals surface area contributed by atoms with Gasteiger partial charge in [-0.05, 0) is 42.3 Å². The molecule has 5 nitrogen and oxygen atoms in total. The minimum atomic E-state index is -4.50. The average Bonchev–Trinajstić information content (AvgIpc) is 2.59. The maximum atomic E-state index is 12.8. The van der Waals surface area contributed by atoms with Gasteiger partial charge in [0.05, 0.1) is 16.3 Å². The van der Waals surface area contributed by atoms with Crippen molar-refractivity contribution in [1.82, 2.24) is 0 Å². The lowest BCUT2D eigenvalue weighted by Crippen LogP contribution is -2.39. The van der Waals surface area contributed by atoms with Crippen molar-refractivity contribution in [1.29, 1.82) is 0 Å². The van der Waals surface area contributed by atoms with Crippen molar-refractivity contribution in [2.75, 3.05) is 16.0 Å². The molecule has 29 heavy (non-hydrogen) atoms. The molecule has 0 aliphatic rings. The van der Waals surface area contributed by atoms with Crippen LogP contribution in [0.25, 0.3) is 0 Å². The van der Waals surface area contributed by atoms with E-state index in [1.54, 1.807) is 38.1 Å².